The van der Waals surface area contributed by atoms with Gasteiger partial charge in [-0.1, -0.05) is 32.0 Å². The molecule has 0 saturated heterocycles. The van der Waals surface area contributed by atoms with E-state index in [0.29, 0.717) is 11.3 Å². The fourth-order valence-electron chi connectivity index (χ4n) is 2.57. The van der Waals surface area contributed by atoms with Crippen molar-refractivity contribution in [2.24, 2.45) is 0 Å². The maximum atomic E-state index is 11.5. The number of rotatable bonds is 7. The molecular formula is C17H21NO3S. The molecule has 22 heavy (non-hydrogen) atoms. The molecule has 1 aromatic heterocycles. The number of ether oxygens (including phenoxy) is 1. The molecule has 0 aliphatic rings. The number of carboxylic acid groups (broad SMARTS) is 1. The first-order valence-electron chi connectivity index (χ1n) is 7.45. The third-order valence-corrected chi connectivity index (χ3v) is 4.86. The molecule has 1 N–H and O–H groups in total. The van der Waals surface area contributed by atoms with E-state index in [0.717, 1.165) is 34.9 Å². The molecule has 2 aromatic rings. The zero-order valence-corrected chi connectivity index (χ0v) is 13.9. The van der Waals surface area contributed by atoms with Gasteiger partial charge in [0.1, 0.15) is 10.6 Å². The Hall–Kier alpha value is -1.88. The van der Waals surface area contributed by atoms with E-state index in [1.807, 2.05) is 24.3 Å². The van der Waals surface area contributed by atoms with Crippen LogP contribution in [0.15, 0.2) is 24.3 Å². The lowest BCUT2D eigenvalue weighted by Gasteiger charge is -2.10. The number of methoxy groups -OCH3 is 1. The number of carbonyl (C=O) groups is 1. The Kier molecular flexibility index (Phi) is 5.55. The van der Waals surface area contributed by atoms with Crippen LogP contribution in [0.1, 0.15) is 58.5 Å². The predicted molar refractivity (Wildman–Crippen MR) is 88.2 cm³/mol. The number of hydrogen-bond acceptors (Lipinski definition) is 4. The van der Waals surface area contributed by atoms with Crippen LogP contribution in [-0.2, 0) is 6.42 Å². The van der Waals surface area contributed by atoms with Crippen molar-refractivity contribution in [3.8, 4) is 5.75 Å². The third kappa shape index (κ3) is 3.47. The lowest BCUT2D eigenvalue weighted by Crippen LogP contribution is -2.04. The molecule has 0 amide bonds. The van der Waals surface area contributed by atoms with E-state index in [2.05, 4.69) is 18.8 Å². The van der Waals surface area contributed by atoms with E-state index in [1.54, 1.807) is 7.11 Å². The first-order valence-corrected chi connectivity index (χ1v) is 8.27. The van der Waals surface area contributed by atoms with Gasteiger partial charge in [-0.3, -0.25) is 0 Å². The van der Waals surface area contributed by atoms with Gasteiger partial charge >= 0.3 is 5.97 Å². The lowest BCUT2D eigenvalue weighted by atomic mass is 9.98. The summed E-state index contributed by atoms with van der Waals surface area (Å²) >= 11 is 1.27. The fourth-order valence-corrected chi connectivity index (χ4v) is 3.58. The Labute approximate surface area is 134 Å². The second-order valence-electron chi connectivity index (χ2n) is 5.13. The summed E-state index contributed by atoms with van der Waals surface area (Å²) in [5, 5.41) is 10.3. The number of thiazole rings is 1. The normalized spacial score (nSPS) is 10.9. The summed E-state index contributed by atoms with van der Waals surface area (Å²) in [6.45, 7) is 4.14. The summed E-state index contributed by atoms with van der Waals surface area (Å²) in [5.74, 6) is 0.123. The van der Waals surface area contributed by atoms with Gasteiger partial charge in [0.05, 0.1) is 17.8 Å². The zero-order valence-electron chi connectivity index (χ0n) is 13.1. The molecule has 2 rings (SSSR count). The molecule has 0 unspecified atom stereocenters. The highest BCUT2D eigenvalue weighted by atomic mass is 32.1. The highest BCUT2D eigenvalue weighted by Gasteiger charge is 2.23. The smallest absolute Gasteiger partial charge is 0.347 e. The molecule has 1 aromatic carbocycles. The number of aromatic nitrogens is 1. The molecule has 0 saturated carbocycles. The molecule has 0 fully saturated rings. The molecule has 0 atom stereocenters. The number of nitrogens with zero attached hydrogens (tertiary/aromatic N) is 1. The van der Waals surface area contributed by atoms with Crippen LogP contribution in [0.5, 0.6) is 5.75 Å². The van der Waals surface area contributed by atoms with Crippen LogP contribution in [-0.4, -0.2) is 23.2 Å². The zero-order chi connectivity index (χ0) is 16.1. The van der Waals surface area contributed by atoms with E-state index in [4.69, 9.17) is 4.74 Å². The van der Waals surface area contributed by atoms with Crippen molar-refractivity contribution < 1.29 is 14.6 Å². The van der Waals surface area contributed by atoms with Gasteiger partial charge < -0.3 is 9.84 Å². The first-order chi connectivity index (χ1) is 10.6. The topological polar surface area (TPSA) is 59.4 Å². The minimum Gasteiger partial charge on any atom is -0.496 e. The third-order valence-electron chi connectivity index (χ3n) is 3.80. The van der Waals surface area contributed by atoms with Gasteiger partial charge in [-0.15, -0.1) is 11.3 Å². The summed E-state index contributed by atoms with van der Waals surface area (Å²) in [4.78, 5) is 16.5. The number of para-hydroxylation sites is 1. The van der Waals surface area contributed by atoms with Crippen LogP contribution in [0, 0.1) is 0 Å². The molecule has 118 valence electrons. The van der Waals surface area contributed by atoms with Gasteiger partial charge in [0.2, 0.25) is 0 Å². The van der Waals surface area contributed by atoms with Gasteiger partial charge in [0.15, 0.2) is 0 Å². The highest BCUT2D eigenvalue weighted by molar-refractivity contribution is 7.13. The molecule has 5 heteroatoms. The maximum absolute atomic E-state index is 11.5. The van der Waals surface area contributed by atoms with Gasteiger partial charge in [0, 0.05) is 17.9 Å². The first kappa shape index (κ1) is 16.5. The van der Waals surface area contributed by atoms with E-state index >= 15 is 0 Å². The summed E-state index contributed by atoms with van der Waals surface area (Å²) in [5.41, 5.74) is 1.75. The van der Waals surface area contributed by atoms with Crippen LogP contribution < -0.4 is 4.74 Å². The molecule has 0 radical (unpaired) electrons. The van der Waals surface area contributed by atoms with Crippen molar-refractivity contribution in [2.75, 3.05) is 7.11 Å². The monoisotopic (exact) mass is 319 g/mol. The predicted octanol–water partition coefficient (Wildman–Crippen LogP) is 4.34. The Morgan fingerprint density at radius 1 is 1.32 bits per heavy atom. The lowest BCUT2D eigenvalue weighted by molar-refractivity contribution is 0.0700. The van der Waals surface area contributed by atoms with E-state index < -0.39 is 5.97 Å². The van der Waals surface area contributed by atoms with Crippen LogP contribution in [0.25, 0.3) is 0 Å². The summed E-state index contributed by atoms with van der Waals surface area (Å²) in [6, 6.07) is 7.76. The van der Waals surface area contributed by atoms with E-state index in [1.165, 1.54) is 11.3 Å². The van der Waals surface area contributed by atoms with Crippen molar-refractivity contribution in [3.05, 3.63) is 45.4 Å². The van der Waals surface area contributed by atoms with Crippen molar-refractivity contribution in [1.29, 1.82) is 0 Å². The van der Waals surface area contributed by atoms with Gasteiger partial charge in [-0.2, -0.15) is 0 Å². The Morgan fingerprint density at radius 2 is 2.00 bits per heavy atom. The molecule has 0 spiro atoms. The summed E-state index contributed by atoms with van der Waals surface area (Å²) < 4.78 is 5.35. The van der Waals surface area contributed by atoms with Gasteiger partial charge in [-0.25, -0.2) is 9.78 Å². The van der Waals surface area contributed by atoms with Crippen LogP contribution in [0.3, 0.4) is 0 Å². The molecule has 0 bridgehead atoms. The van der Waals surface area contributed by atoms with Crippen molar-refractivity contribution in [2.45, 2.75) is 39.0 Å². The van der Waals surface area contributed by atoms with Crippen LogP contribution in [0.2, 0.25) is 0 Å². The Balaban J connectivity index is 2.36. The minimum atomic E-state index is -0.884. The number of benzene rings is 1. The number of hydrogen-bond donors (Lipinski definition) is 1. The van der Waals surface area contributed by atoms with Crippen molar-refractivity contribution in [3.63, 3.8) is 0 Å². The van der Waals surface area contributed by atoms with E-state index in [-0.39, 0.29) is 5.92 Å². The molecule has 0 aliphatic heterocycles. The summed E-state index contributed by atoms with van der Waals surface area (Å²) in [7, 11) is 1.64. The summed E-state index contributed by atoms with van der Waals surface area (Å²) in [6.07, 6.45) is 2.39. The van der Waals surface area contributed by atoms with Gasteiger partial charge in [-0.05, 0) is 18.9 Å². The highest BCUT2D eigenvalue weighted by Crippen LogP contribution is 2.32. The Bertz CT molecular complexity index is 647. The molecule has 1 heterocycles. The van der Waals surface area contributed by atoms with Crippen LogP contribution >= 0.6 is 11.3 Å². The SMILES string of the molecule is CCC(CC)c1nc(Cc2ccccc2OC)sc1C(=O)O. The van der Waals surface area contributed by atoms with Crippen molar-refractivity contribution >= 4 is 17.3 Å². The quantitative estimate of drug-likeness (QED) is 0.824. The Morgan fingerprint density at radius 3 is 2.59 bits per heavy atom. The second-order valence-corrected chi connectivity index (χ2v) is 6.21. The fraction of sp³-hybridized carbons (Fsp3) is 0.412. The molecular weight excluding hydrogens is 298 g/mol. The standard InChI is InChI=1S/C17H21NO3S/c1-4-11(5-2)15-16(17(19)20)22-14(18-15)10-12-8-6-7-9-13(12)21-3/h6-9,11H,4-5,10H2,1-3H3,(H,19,20). The molecule has 4 nitrogen and oxygen atoms in total. The van der Waals surface area contributed by atoms with Gasteiger partial charge in [0.25, 0.3) is 0 Å². The molecule has 0 aliphatic carbocycles. The maximum Gasteiger partial charge on any atom is 0.347 e. The van der Waals surface area contributed by atoms with Crippen LogP contribution in [0.4, 0.5) is 0 Å². The van der Waals surface area contributed by atoms with E-state index in [9.17, 15) is 9.90 Å². The largest absolute Gasteiger partial charge is 0.496 e. The number of carboxylic acids is 1. The average Bonchev–Trinajstić information content (AvgIpc) is 2.93. The van der Waals surface area contributed by atoms with Crippen molar-refractivity contribution in [1.82, 2.24) is 4.98 Å². The minimum absolute atomic E-state index is 0.203. The number of aromatic carboxylic acids is 1. The average molecular weight is 319 g/mol. The second kappa shape index (κ2) is 7.40.